The maximum absolute atomic E-state index is 12.9. The summed E-state index contributed by atoms with van der Waals surface area (Å²) in [6.45, 7) is 6.79. The number of aryl methyl sites for hydroxylation is 1. The number of nitrogens with zero attached hydrogens (tertiary/aromatic N) is 4. The van der Waals surface area contributed by atoms with E-state index in [2.05, 4.69) is 10.1 Å². The number of amides is 1. The first-order valence-electron chi connectivity index (χ1n) is 8.96. The number of hydrogen-bond acceptors (Lipinski definition) is 4. The van der Waals surface area contributed by atoms with Crippen LogP contribution in [0.4, 0.5) is 0 Å². The Bertz CT molecular complexity index is 935. The lowest BCUT2D eigenvalue weighted by Crippen LogP contribution is -2.27. The van der Waals surface area contributed by atoms with Crippen molar-refractivity contribution < 1.29 is 9.53 Å². The molecule has 0 atom stereocenters. The van der Waals surface area contributed by atoms with Crippen molar-refractivity contribution in [3.8, 4) is 11.6 Å². The number of benzene rings is 1. The predicted molar refractivity (Wildman–Crippen MR) is 104 cm³/mol. The molecule has 6 nitrogen and oxygen atoms in total. The highest BCUT2D eigenvalue weighted by Gasteiger charge is 2.21. The van der Waals surface area contributed by atoms with Crippen molar-refractivity contribution >= 4 is 5.91 Å². The van der Waals surface area contributed by atoms with Gasteiger partial charge in [0.1, 0.15) is 5.56 Å². The molecule has 1 amide bonds. The molecule has 1 aromatic carbocycles. The molecule has 0 fully saturated rings. The molecule has 0 N–H and O–H groups in total. The van der Waals surface area contributed by atoms with E-state index in [1.165, 1.54) is 0 Å². The quantitative estimate of drug-likeness (QED) is 0.671. The monoisotopic (exact) mass is 364 g/mol. The molecule has 6 heteroatoms. The van der Waals surface area contributed by atoms with Crippen LogP contribution in [-0.2, 0) is 6.54 Å². The second-order valence-corrected chi connectivity index (χ2v) is 6.35. The Balaban J connectivity index is 1.86. The summed E-state index contributed by atoms with van der Waals surface area (Å²) in [5, 5.41) is 4.65. The average molecular weight is 364 g/mol. The van der Waals surface area contributed by atoms with E-state index in [4.69, 9.17) is 4.74 Å². The van der Waals surface area contributed by atoms with E-state index in [0.717, 1.165) is 22.6 Å². The smallest absolute Gasteiger partial charge is 0.259 e. The Kier molecular flexibility index (Phi) is 5.54. The minimum Gasteiger partial charge on any atom is -0.477 e. The third-order valence-electron chi connectivity index (χ3n) is 4.47. The summed E-state index contributed by atoms with van der Waals surface area (Å²) in [5.41, 5.74) is 4.44. The van der Waals surface area contributed by atoms with Crippen molar-refractivity contribution in [2.45, 2.75) is 27.3 Å². The SMILES string of the molecule is CCOc1ncccc1C(=O)N(C)Cc1c(C)nn(-c2ccccc2)c1C. The van der Waals surface area contributed by atoms with Crippen LogP contribution in [0.25, 0.3) is 5.69 Å². The summed E-state index contributed by atoms with van der Waals surface area (Å²) in [4.78, 5) is 18.8. The van der Waals surface area contributed by atoms with Gasteiger partial charge in [0.15, 0.2) is 0 Å². The van der Waals surface area contributed by atoms with Crippen molar-refractivity contribution in [1.82, 2.24) is 19.7 Å². The Morgan fingerprint density at radius 2 is 1.89 bits per heavy atom. The lowest BCUT2D eigenvalue weighted by atomic mass is 10.1. The molecule has 0 radical (unpaired) electrons. The average Bonchev–Trinajstić information content (AvgIpc) is 2.97. The summed E-state index contributed by atoms with van der Waals surface area (Å²) in [5.74, 6) is 0.239. The second kappa shape index (κ2) is 8.03. The van der Waals surface area contributed by atoms with Gasteiger partial charge in [0.05, 0.1) is 18.0 Å². The zero-order chi connectivity index (χ0) is 19.4. The van der Waals surface area contributed by atoms with E-state index >= 15 is 0 Å². The van der Waals surface area contributed by atoms with Gasteiger partial charge in [0.25, 0.3) is 5.91 Å². The highest BCUT2D eigenvalue weighted by atomic mass is 16.5. The third-order valence-corrected chi connectivity index (χ3v) is 4.47. The van der Waals surface area contributed by atoms with Crippen molar-refractivity contribution in [2.75, 3.05) is 13.7 Å². The molecule has 27 heavy (non-hydrogen) atoms. The summed E-state index contributed by atoms with van der Waals surface area (Å²) in [6.07, 6.45) is 1.62. The molecular weight excluding hydrogens is 340 g/mol. The topological polar surface area (TPSA) is 60.2 Å². The highest BCUT2D eigenvalue weighted by Crippen LogP contribution is 2.21. The summed E-state index contributed by atoms with van der Waals surface area (Å²) in [6, 6.07) is 13.5. The lowest BCUT2D eigenvalue weighted by Gasteiger charge is -2.19. The van der Waals surface area contributed by atoms with Gasteiger partial charge < -0.3 is 9.64 Å². The molecule has 0 saturated carbocycles. The van der Waals surface area contributed by atoms with Crippen LogP contribution in [0.3, 0.4) is 0 Å². The van der Waals surface area contributed by atoms with Crippen molar-refractivity contribution in [3.05, 3.63) is 71.2 Å². The van der Waals surface area contributed by atoms with E-state index in [-0.39, 0.29) is 5.91 Å². The third kappa shape index (κ3) is 3.84. The molecule has 0 aliphatic heterocycles. The fraction of sp³-hybridized carbons (Fsp3) is 0.286. The van der Waals surface area contributed by atoms with Crippen LogP contribution < -0.4 is 4.74 Å². The van der Waals surface area contributed by atoms with Crippen LogP contribution in [0.2, 0.25) is 0 Å². The number of carbonyl (C=O) groups excluding carboxylic acids is 1. The first kappa shape index (κ1) is 18.6. The molecule has 2 aromatic heterocycles. The van der Waals surface area contributed by atoms with Gasteiger partial charge >= 0.3 is 0 Å². The second-order valence-electron chi connectivity index (χ2n) is 6.35. The van der Waals surface area contributed by atoms with Crippen LogP contribution in [0.5, 0.6) is 5.88 Å². The van der Waals surface area contributed by atoms with E-state index in [1.54, 1.807) is 30.3 Å². The maximum atomic E-state index is 12.9. The lowest BCUT2D eigenvalue weighted by molar-refractivity contribution is 0.0779. The molecule has 2 heterocycles. The minimum absolute atomic E-state index is 0.127. The van der Waals surface area contributed by atoms with E-state index in [1.807, 2.05) is 55.8 Å². The van der Waals surface area contributed by atoms with Gasteiger partial charge in [-0.2, -0.15) is 5.10 Å². The molecule has 0 bridgehead atoms. The van der Waals surface area contributed by atoms with E-state index in [9.17, 15) is 4.79 Å². The Hall–Kier alpha value is -3.15. The van der Waals surface area contributed by atoms with Gasteiger partial charge in [0, 0.05) is 31.0 Å². The highest BCUT2D eigenvalue weighted by molar-refractivity contribution is 5.96. The summed E-state index contributed by atoms with van der Waals surface area (Å²) >= 11 is 0. The van der Waals surface area contributed by atoms with Crippen LogP contribution in [0.1, 0.15) is 34.2 Å². The van der Waals surface area contributed by atoms with Gasteiger partial charge in [-0.3, -0.25) is 4.79 Å². The molecule has 0 aliphatic carbocycles. The number of ether oxygens (including phenoxy) is 1. The molecule has 0 saturated heterocycles. The number of rotatable bonds is 6. The minimum atomic E-state index is -0.127. The zero-order valence-electron chi connectivity index (χ0n) is 16.1. The van der Waals surface area contributed by atoms with Crippen molar-refractivity contribution in [1.29, 1.82) is 0 Å². The molecule has 140 valence electrons. The van der Waals surface area contributed by atoms with E-state index in [0.29, 0.717) is 24.6 Å². The largest absolute Gasteiger partial charge is 0.477 e. The van der Waals surface area contributed by atoms with Gasteiger partial charge in [-0.05, 0) is 45.0 Å². The molecule has 0 spiro atoms. The fourth-order valence-corrected chi connectivity index (χ4v) is 3.04. The fourth-order valence-electron chi connectivity index (χ4n) is 3.04. The maximum Gasteiger partial charge on any atom is 0.259 e. The Morgan fingerprint density at radius 1 is 1.15 bits per heavy atom. The standard InChI is InChI=1S/C21H24N4O2/c1-5-27-20-18(12-9-13-22-20)21(26)24(4)14-19-15(2)23-25(16(19)3)17-10-7-6-8-11-17/h6-13H,5,14H2,1-4H3. The normalized spacial score (nSPS) is 10.7. The molecule has 3 aromatic rings. The summed E-state index contributed by atoms with van der Waals surface area (Å²) < 4.78 is 7.41. The summed E-state index contributed by atoms with van der Waals surface area (Å²) in [7, 11) is 1.78. The van der Waals surface area contributed by atoms with Crippen molar-refractivity contribution in [3.63, 3.8) is 0 Å². The molecule has 0 unspecified atom stereocenters. The Morgan fingerprint density at radius 3 is 2.59 bits per heavy atom. The van der Waals surface area contributed by atoms with Gasteiger partial charge in [-0.1, -0.05) is 18.2 Å². The van der Waals surface area contributed by atoms with Crippen molar-refractivity contribution in [2.24, 2.45) is 0 Å². The van der Waals surface area contributed by atoms with Gasteiger partial charge in [-0.25, -0.2) is 9.67 Å². The van der Waals surface area contributed by atoms with Gasteiger partial charge in [-0.15, -0.1) is 0 Å². The van der Waals surface area contributed by atoms with Gasteiger partial charge in [0.2, 0.25) is 5.88 Å². The molecule has 3 rings (SSSR count). The number of carbonyl (C=O) groups is 1. The molecular formula is C21H24N4O2. The number of hydrogen-bond donors (Lipinski definition) is 0. The predicted octanol–water partition coefficient (Wildman–Crippen LogP) is 3.56. The first-order valence-corrected chi connectivity index (χ1v) is 8.96. The van der Waals surface area contributed by atoms with E-state index < -0.39 is 0 Å². The molecule has 0 aliphatic rings. The van der Waals surface area contributed by atoms with Crippen LogP contribution in [0.15, 0.2) is 48.7 Å². The first-order chi connectivity index (χ1) is 13.0. The number of aromatic nitrogens is 3. The van der Waals surface area contributed by atoms with Crippen LogP contribution >= 0.6 is 0 Å². The number of pyridine rings is 1. The zero-order valence-corrected chi connectivity index (χ0v) is 16.1. The van der Waals surface area contributed by atoms with Crippen LogP contribution in [-0.4, -0.2) is 39.2 Å². The number of para-hydroxylation sites is 1. The van der Waals surface area contributed by atoms with Crippen LogP contribution in [0, 0.1) is 13.8 Å². The Labute approximate surface area is 159 Å².